The van der Waals surface area contributed by atoms with Gasteiger partial charge in [-0.1, -0.05) is 48.3 Å². The fourth-order valence-corrected chi connectivity index (χ4v) is 6.74. The van der Waals surface area contributed by atoms with E-state index in [2.05, 4.69) is 4.98 Å². The molecule has 0 aliphatic carbocycles. The molecule has 9 heteroatoms. The topological polar surface area (TPSA) is 61.6 Å². The predicted molar refractivity (Wildman–Crippen MR) is 115 cm³/mol. The third kappa shape index (κ3) is 4.93. The van der Waals surface area contributed by atoms with E-state index < -0.39 is 12.9 Å². The van der Waals surface area contributed by atoms with Gasteiger partial charge in [-0.3, -0.25) is 4.52 Å². The Hall–Kier alpha value is -1.01. The highest BCUT2D eigenvalue weighted by Crippen LogP contribution is 2.64. The van der Waals surface area contributed by atoms with Crippen LogP contribution in [0, 0.1) is 0 Å². The number of nitrogens with zero attached hydrogens (tertiary/aromatic N) is 1. The van der Waals surface area contributed by atoms with Gasteiger partial charge in [-0.15, -0.1) is 0 Å². The third-order valence-corrected chi connectivity index (χ3v) is 8.45. The molecule has 0 N–H and O–H groups in total. The maximum Gasteiger partial charge on any atom is 0.390 e. The first-order valence-electron chi connectivity index (χ1n) is 8.84. The number of oxazole rings is 1. The zero-order valence-corrected chi connectivity index (χ0v) is 18.7. The van der Waals surface area contributed by atoms with Gasteiger partial charge in [-0.05, 0) is 49.0 Å². The van der Waals surface area contributed by atoms with Crippen molar-refractivity contribution in [3.05, 3.63) is 64.0 Å². The summed E-state index contributed by atoms with van der Waals surface area (Å²) in [6, 6.07) is 12.4. The lowest BCUT2D eigenvalue weighted by atomic mass is 10.1. The van der Waals surface area contributed by atoms with Crippen LogP contribution in [0.5, 0.6) is 0 Å². The molecule has 0 spiro atoms. The standard InChI is InChI=1S/C19H20Cl2NO4PS/c1-3-12-28-27(23,24-4-2)26-18(17-13(20)8-7-9-14(17)21)19-22-15-10-5-6-11-16(15)25-19/h5-11,18H,3-4,12H2,1-2H3. The second-order valence-corrected chi connectivity index (χ2v) is 10.8. The first kappa shape index (κ1) is 21.7. The molecule has 0 aliphatic rings. The normalized spacial score (nSPS) is 14.9. The summed E-state index contributed by atoms with van der Waals surface area (Å²) in [5, 5.41) is 0.728. The Morgan fingerprint density at radius 2 is 1.86 bits per heavy atom. The van der Waals surface area contributed by atoms with E-state index in [1.54, 1.807) is 31.2 Å². The molecular weight excluding hydrogens is 440 g/mol. The Balaban J connectivity index is 2.10. The van der Waals surface area contributed by atoms with Crippen LogP contribution < -0.4 is 0 Å². The molecular formula is C19H20Cl2NO4PS. The smallest absolute Gasteiger partial charge is 0.390 e. The number of hydrogen-bond donors (Lipinski definition) is 0. The average Bonchev–Trinajstić information content (AvgIpc) is 3.10. The van der Waals surface area contributed by atoms with Crippen LogP contribution in [0.15, 0.2) is 46.9 Å². The molecule has 5 nitrogen and oxygen atoms in total. The number of halogens is 2. The molecule has 2 unspecified atom stereocenters. The molecule has 1 heterocycles. The summed E-state index contributed by atoms with van der Waals surface area (Å²) in [6.45, 7) is 0.490. The van der Waals surface area contributed by atoms with Gasteiger partial charge in [0.2, 0.25) is 5.89 Å². The molecule has 150 valence electrons. The molecule has 0 saturated heterocycles. The second-order valence-electron chi connectivity index (χ2n) is 5.84. The minimum Gasteiger partial charge on any atom is -0.437 e. The molecule has 2 aromatic carbocycles. The molecule has 1 aromatic heterocycles. The van der Waals surface area contributed by atoms with Gasteiger partial charge in [0.15, 0.2) is 11.7 Å². The lowest BCUT2D eigenvalue weighted by Crippen LogP contribution is -2.08. The van der Waals surface area contributed by atoms with E-state index in [-0.39, 0.29) is 12.5 Å². The highest BCUT2D eigenvalue weighted by Gasteiger charge is 2.36. The van der Waals surface area contributed by atoms with Gasteiger partial charge in [0.05, 0.1) is 6.61 Å². The van der Waals surface area contributed by atoms with Crippen LogP contribution in [-0.4, -0.2) is 17.3 Å². The van der Waals surface area contributed by atoms with Gasteiger partial charge in [-0.2, -0.15) is 0 Å². The van der Waals surface area contributed by atoms with Crippen LogP contribution in [-0.2, 0) is 13.6 Å². The van der Waals surface area contributed by atoms with Gasteiger partial charge in [0, 0.05) is 21.4 Å². The first-order valence-corrected chi connectivity index (χ1v) is 12.7. The highest BCUT2D eigenvalue weighted by atomic mass is 35.5. The summed E-state index contributed by atoms with van der Waals surface area (Å²) >= 11 is 14.0. The highest BCUT2D eigenvalue weighted by molar-refractivity contribution is 8.55. The van der Waals surface area contributed by atoms with E-state index in [9.17, 15) is 4.57 Å². The molecule has 2 atom stereocenters. The quantitative estimate of drug-likeness (QED) is 0.308. The van der Waals surface area contributed by atoms with Crippen molar-refractivity contribution in [2.45, 2.75) is 26.4 Å². The summed E-state index contributed by atoms with van der Waals surface area (Å²) < 4.78 is 30.7. The summed E-state index contributed by atoms with van der Waals surface area (Å²) in [7, 11) is 0. The van der Waals surface area contributed by atoms with E-state index in [4.69, 9.17) is 36.7 Å². The monoisotopic (exact) mass is 459 g/mol. The fourth-order valence-electron chi connectivity index (χ4n) is 2.57. The van der Waals surface area contributed by atoms with Crippen LogP contribution in [0.2, 0.25) is 10.0 Å². The largest absolute Gasteiger partial charge is 0.437 e. The minimum atomic E-state index is -3.51. The third-order valence-electron chi connectivity index (χ3n) is 3.77. The van der Waals surface area contributed by atoms with E-state index in [1.165, 1.54) is 0 Å². The van der Waals surface area contributed by atoms with Crippen LogP contribution >= 0.6 is 41.4 Å². The first-order chi connectivity index (χ1) is 13.5. The van der Waals surface area contributed by atoms with Crippen LogP contribution in [0.25, 0.3) is 11.1 Å². The number of rotatable bonds is 9. The second kappa shape index (κ2) is 9.66. The summed E-state index contributed by atoms with van der Waals surface area (Å²) in [4.78, 5) is 4.50. The molecule has 0 radical (unpaired) electrons. The number of fused-ring (bicyclic) bond motifs is 1. The van der Waals surface area contributed by atoms with Gasteiger partial charge < -0.3 is 8.94 Å². The minimum absolute atomic E-state index is 0.216. The van der Waals surface area contributed by atoms with Gasteiger partial charge in [-0.25, -0.2) is 9.55 Å². The van der Waals surface area contributed by atoms with Crippen molar-refractivity contribution in [1.29, 1.82) is 0 Å². The van der Waals surface area contributed by atoms with Crippen molar-refractivity contribution in [1.82, 2.24) is 4.98 Å². The molecule has 0 amide bonds. The Kier molecular flexibility index (Phi) is 7.48. The van der Waals surface area contributed by atoms with Crippen molar-refractivity contribution in [2.24, 2.45) is 0 Å². The molecule has 0 bridgehead atoms. The summed E-state index contributed by atoms with van der Waals surface area (Å²) in [5.41, 5.74) is 1.68. The maximum atomic E-state index is 13.3. The van der Waals surface area contributed by atoms with Crippen molar-refractivity contribution in [2.75, 3.05) is 12.4 Å². The number of hydrogen-bond acceptors (Lipinski definition) is 6. The summed E-state index contributed by atoms with van der Waals surface area (Å²) in [6.07, 6.45) is -0.152. The van der Waals surface area contributed by atoms with E-state index in [0.717, 1.165) is 17.8 Å². The molecule has 28 heavy (non-hydrogen) atoms. The predicted octanol–water partition coefficient (Wildman–Crippen LogP) is 7.53. The van der Waals surface area contributed by atoms with Crippen molar-refractivity contribution < 1.29 is 18.0 Å². The van der Waals surface area contributed by atoms with Gasteiger partial charge in [0.25, 0.3) is 0 Å². The lowest BCUT2D eigenvalue weighted by molar-refractivity contribution is 0.169. The van der Waals surface area contributed by atoms with Crippen LogP contribution in [0.1, 0.15) is 37.8 Å². The van der Waals surface area contributed by atoms with Crippen molar-refractivity contribution in [3.8, 4) is 0 Å². The van der Waals surface area contributed by atoms with Crippen molar-refractivity contribution >= 4 is 52.5 Å². The molecule has 3 aromatic rings. The maximum absolute atomic E-state index is 13.3. The molecule has 0 saturated carbocycles. The Labute approximate surface area is 178 Å². The molecule has 0 aliphatic heterocycles. The number of aromatic nitrogens is 1. The fraction of sp³-hybridized carbons (Fsp3) is 0.316. The average molecular weight is 460 g/mol. The van der Waals surface area contributed by atoms with E-state index >= 15 is 0 Å². The lowest BCUT2D eigenvalue weighted by Gasteiger charge is -2.23. The van der Waals surface area contributed by atoms with Gasteiger partial charge >= 0.3 is 6.80 Å². The molecule has 3 rings (SSSR count). The zero-order chi connectivity index (χ0) is 20.1. The van der Waals surface area contributed by atoms with E-state index in [1.807, 2.05) is 25.1 Å². The Bertz CT molecular complexity index is 944. The summed E-state index contributed by atoms with van der Waals surface area (Å²) in [5.74, 6) is 0.835. The van der Waals surface area contributed by atoms with Gasteiger partial charge in [0.1, 0.15) is 5.52 Å². The van der Waals surface area contributed by atoms with Crippen LogP contribution in [0.4, 0.5) is 0 Å². The zero-order valence-electron chi connectivity index (χ0n) is 15.4. The molecule has 0 fully saturated rings. The number of para-hydroxylation sites is 2. The number of benzene rings is 2. The SMILES string of the molecule is CCCSP(=O)(OCC)OC(c1nc2ccccc2o1)c1c(Cl)cccc1Cl. The van der Waals surface area contributed by atoms with Crippen LogP contribution in [0.3, 0.4) is 0 Å². The Morgan fingerprint density at radius 1 is 1.14 bits per heavy atom. The Morgan fingerprint density at radius 3 is 2.50 bits per heavy atom. The van der Waals surface area contributed by atoms with Crippen molar-refractivity contribution in [3.63, 3.8) is 0 Å². The van der Waals surface area contributed by atoms with E-state index in [0.29, 0.717) is 32.5 Å².